The van der Waals surface area contributed by atoms with Crippen molar-refractivity contribution >= 4 is 21.8 Å². The lowest BCUT2D eigenvalue weighted by molar-refractivity contribution is -0.136. The van der Waals surface area contributed by atoms with Crippen molar-refractivity contribution in [2.75, 3.05) is 13.1 Å². The number of benzene rings is 1. The molecule has 3 nitrogen and oxygen atoms in total. The number of nitrogens with zero attached hydrogens (tertiary/aromatic N) is 1. The Hall–Kier alpha value is -0.870. The summed E-state index contributed by atoms with van der Waals surface area (Å²) in [5, 5.41) is 3.29. The Kier molecular flexibility index (Phi) is 3.89. The summed E-state index contributed by atoms with van der Waals surface area (Å²) in [5.41, 5.74) is 1.21. The average Bonchev–Trinajstić information content (AvgIpc) is 3.09. The average molecular weight is 323 g/mol. The van der Waals surface area contributed by atoms with Crippen molar-refractivity contribution in [3.05, 3.63) is 34.3 Å². The molecule has 19 heavy (non-hydrogen) atoms. The second kappa shape index (κ2) is 5.63. The Morgan fingerprint density at radius 2 is 2.21 bits per heavy atom. The lowest BCUT2D eigenvalue weighted by Crippen LogP contribution is -2.38. The van der Waals surface area contributed by atoms with Crippen molar-refractivity contribution in [1.29, 1.82) is 0 Å². The van der Waals surface area contributed by atoms with Crippen LogP contribution in [0.2, 0.25) is 0 Å². The van der Waals surface area contributed by atoms with Gasteiger partial charge in [-0.15, -0.1) is 0 Å². The van der Waals surface area contributed by atoms with Crippen LogP contribution in [0.3, 0.4) is 0 Å². The molecule has 2 aliphatic rings. The molecule has 1 aliphatic heterocycles. The Labute approximate surface area is 122 Å². The third-order valence-corrected chi connectivity index (χ3v) is 4.42. The second-order valence-corrected chi connectivity index (χ2v) is 6.43. The number of rotatable bonds is 4. The monoisotopic (exact) mass is 322 g/mol. The summed E-state index contributed by atoms with van der Waals surface area (Å²) < 4.78 is 1.08. The fourth-order valence-electron chi connectivity index (χ4n) is 2.71. The molecule has 102 valence electrons. The number of hydrogen-bond donors (Lipinski definition) is 1. The minimum Gasteiger partial charge on any atom is -0.335 e. The third-order valence-electron chi connectivity index (χ3n) is 3.92. The van der Waals surface area contributed by atoms with Crippen LogP contribution in [-0.2, 0) is 11.3 Å². The Balaban J connectivity index is 1.72. The number of nitrogens with one attached hydrogen (secondary N) is 1. The summed E-state index contributed by atoms with van der Waals surface area (Å²) >= 11 is 3.49. The van der Waals surface area contributed by atoms with E-state index in [0.717, 1.165) is 30.5 Å². The van der Waals surface area contributed by atoms with E-state index in [0.29, 0.717) is 11.9 Å². The van der Waals surface area contributed by atoms with Crippen molar-refractivity contribution in [3.63, 3.8) is 0 Å². The predicted octanol–water partition coefficient (Wildman–Crippen LogP) is 2.55. The van der Waals surface area contributed by atoms with Crippen LogP contribution in [0.4, 0.5) is 0 Å². The Morgan fingerprint density at radius 1 is 1.37 bits per heavy atom. The maximum Gasteiger partial charge on any atom is 0.227 e. The van der Waals surface area contributed by atoms with Gasteiger partial charge < -0.3 is 10.2 Å². The molecule has 0 radical (unpaired) electrons. The number of carbonyl (C=O) groups is 1. The molecule has 1 atom stereocenters. The molecule has 1 N–H and O–H groups in total. The number of hydrogen-bond acceptors (Lipinski definition) is 2. The molecule has 1 unspecified atom stereocenters. The summed E-state index contributed by atoms with van der Waals surface area (Å²) in [5.74, 6) is 0.528. The van der Waals surface area contributed by atoms with E-state index in [-0.39, 0.29) is 5.92 Å². The molecule has 1 saturated carbocycles. The molecule has 1 aliphatic carbocycles. The molecule has 0 bridgehead atoms. The summed E-state index contributed by atoms with van der Waals surface area (Å²) in [6, 6.07) is 8.74. The van der Waals surface area contributed by atoms with Gasteiger partial charge in [-0.25, -0.2) is 0 Å². The van der Waals surface area contributed by atoms with E-state index >= 15 is 0 Å². The predicted molar refractivity (Wildman–Crippen MR) is 78.7 cm³/mol. The highest BCUT2D eigenvalue weighted by atomic mass is 79.9. The van der Waals surface area contributed by atoms with Gasteiger partial charge in [-0.3, -0.25) is 4.79 Å². The van der Waals surface area contributed by atoms with Gasteiger partial charge in [0, 0.05) is 23.6 Å². The molecule has 1 heterocycles. The zero-order chi connectivity index (χ0) is 13.2. The van der Waals surface area contributed by atoms with Gasteiger partial charge in [0.15, 0.2) is 0 Å². The maximum absolute atomic E-state index is 12.6. The topological polar surface area (TPSA) is 32.3 Å². The van der Waals surface area contributed by atoms with Crippen LogP contribution in [0.25, 0.3) is 0 Å². The summed E-state index contributed by atoms with van der Waals surface area (Å²) in [6.45, 7) is 2.58. The smallest absolute Gasteiger partial charge is 0.227 e. The molecular formula is C15H19BrN2O. The molecule has 1 amide bonds. The highest BCUT2D eigenvalue weighted by molar-refractivity contribution is 9.10. The lowest BCUT2D eigenvalue weighted by atomic mass is 10.1. The summed E-state index contributed by atoms with van der Waals surface area (Å²) in [4.78, 5) is 14.7. The normalized spacial score (nSPS) is 22.5. The van der Waals surface area contributed by atoms with Crippen LogP contribution >= 0.6 is 15.9 Å². The Bertz CT molecular complexity index is 467. The standard InChI is InChI=1S/C15H19BrN2O/c16-13-3-1-2-11(8-13)10-18(14-4-5-14)15(19)12-6-7-17-9-12/h1-3,8,12,14,17H,4-7,9-10H2. The van der Waals surface area contributed by atoms with E-state index in [1.807, 2.05) is 12.1 Å². The lowest BCUT2D eigenvalue weighted by Gasteiger charge is -2.25. The highest BCUT2D eigenvalue weighted by Gasteiger charge is 2.36. The molecule has 2 fully saturated rings. The van der Waals surface area contributed by atoms with E-state index in [9.17, 15) is 4.79 Å². The first-order valence-electron chi connectivity index (χ1n) is 6.99. The fraction of sp³-hybridized carbons (Fsp3) is 0.533. The quantitative estimate of drug-likeness (QED) is 0.924. The zero-order valence-corrected chi connectivity index (χ0v) is 12.5. The Morgan fingerprint density at radius 3 is 2.84 bits per heavy atom. The number of halogens is 1. The molecule has 0 spiro atoms. The van der Waals surface area contributed by atoms with Gasteiger partial charge in [-0.2, -0.15) is 0 Å². The summed E-state index contributed by atoms with van der Waals surface area (Å²) in [6.07, 6.45) is 3.32. The van der Waals surface area contributed by atoms with Gasteiger partial charge in [-0.05, 0) is 43.5 Å². The van der Waals surface area contributed by atoms with Crippen molar-refractivity contribution in [2.45, 2.75) is 31.8 Å². The van der Waals surface area contributed by atoms with Gasteiger partial charge in [0.2, 0.25) is 5.91 Å². The molecule has 1 aromatic carbocycles. The highest BCUT2D eigenvalue weighted by Crippen LogP contribution is 2.31. The van der Waals surface area contributed by atoms with E-state index in [2.05, 4.69) is 38.3 Å². The number of amides is 1. The molecule has 0 aromatic heterocycles. The first kappa shape index (κ1) is 13.1. The molecule has 3 rings (SSSR count). The first-order valence-corrected chi connectivity index (χ1v) is 7.79. The number of carbonyl (C=O) groups excluding carboxylic acids is 1. The minimum absolute atomic E-state index is 0.188. The van der Waals surface area contributed by atoms with Crippen LogP contribution in [-0.4, -0.2) is 29.9 Å². The third kappa shape index (κ3) is 3.18. The van der Waals surface area contributed by atoms with Crippen LogP contribution in [0, 0.1) is 5.92 Å². The van der Waals surface area contributed by atoms with Gasteiger partial charge in [0.05, 0.1) is 5.92 Å². The zero-order valence-electron chi connectivity index (χ0n) is 10.9. The molecule has 4 heteroatoms. The van der Waals surface area contributed by atoms with Gasteiger partial charge in [0.1, 0.15) is 0 Å². The van der Waals surface area contributed by atoms with Crippen molar-refractivity contribution in [1.82, 2.24) is 10.2 Å². The van der Waals surface area contributed by atoms with E-state index < -0.39 is 0 Å². The van der Waals surface area contributed by atoms with Crippen LogP contribution in [0.5, 0.6) is 0 Å². The fourth-order valence-corrected chi connectivity index (χ4v) is 3.15. The van der Waals surface area contributed by atoms with Crippen molar-refractivity contribution < 1.29 is 4.79 Å². The van der Waals surface area contributed by atoms with E-state index in [1.165, 1.54) is 18.4 Å². The molecule has 1 saturated heterocycles. The van der Waals surface area contributed by atoms with Crippen molar-refractivity contribution in [2.24, 2.45) is 5.92 Å². The van der Waals surface area contributed by atoms with E-state index in [1.54, 1.807) is 0 Å². The van der Waals surface area contributed by atoms with Crippen LogP contribution in [0.15, 0.2) is 28.7 Å². The van der Waals surface area contributed by atoms with Crippen LogP contribution in [0.1, 0.15) is 24.8 Å². The van der Waals surface area contributed by atoms with Crippen molar-refractivity contribution in [3.8, 4) is 0 Å². The SMILES string of the molecule is O=C(C1CCNC1)N(Cc1cccc(Br)c1)C1CC1. The van der Waals surface area contributed by atoms with Crippen LogP contribution < -0.4 is 5.32 Å². The van der Waals surface area contributed by atoms with Gasteiger partial charge in [0.25, 0.3) is 0 Å². The second-order valence-electron chi connectivity index (χ2n) is 5.52. The largest absolute Gasteiger partial charge is 0.335 e. The van der Waals surface area contributed by atoms with E-state index in [4.69, 9.17) is 0 Å². The van der Waals surface area contributed by atoms with Gasteiger partial charge >= 0.3 is 0 Å². The van der Waals surface area contributed by atoms with Gasteiger partial charge in [-0.1, -0.05) is 28.1 Å². The first-order chi connectivity index (χ1) is 9.24. The molecule has 1 aromatic rings. The summed E-state index contributed by atoms with van der Waals surface area (Å²) in [7, 11) is 0. The minimum atomic E-state index is 0.188. The maximum atomic E-state index is 12.6. The molecular weight excluding hydrogens is 304 g/mol.